The van der Waals surface area contributed by atoms with Crippen molar-refractivity contribution in [2.45, 2.75) is 19.0 Å². The van der Waals surface area contributed by atoms with Gasteiger partial charge in [0.25, 0.3) is 0 Å². The summed E-state index contributed by atoms with van der Waals surface area (Å²) in [5, 5.41) is 12.9. The molecule has 32 heavy (non-hydrogen) atoms. The fourth-order valence-corrected chi connectivity index (χ4v) is 4.45. The van der Waals surface area contributed by atoms with Gasteiger partial charge in [0.05, 0.1) is 21.3 Å². The average molecular weight is 477 g/mol. The van der Waals surface area contributed by atoms with Crippen molar-refractivity contribution in [2.75, 3.05) is 0 Å². The summed E-state index contributed by atoms with van der Waals surface area (Å²) >= 11 is 7.56. The molecular formula is C23H16ClF3N2O2S. The van der Waals surface area contributed by atoms with Crippen molar-refractivity contribution in [1.29, 1.82) is 0 Å². The van der Waals surface area contributed by atoms with E-state index in [1.54, 1.807) is 30.3 Å². The Balaban J connectivity index is 1.70. The van der Waals surface area contributed by atoms with E-state index in [2.05, 4.69) is 5.10 Å². The first-order valence-electron chi connectivity index (χ1n) is 9.56. The number of thiophene rings is 1. The number of carboxylic acid groups (broad SMARTS) is 1. The summed E-state index contributed by atoms with van der Waals surface area (Å²) in [6, 6.07) is 18.7. The van der Waals surface area contributed by atoms with Gasteiger partial charge in [-0.15, -0.1) is 11.3 Å². The molecule has 2 aromatic heterocycles. The largest absolute Gasteiger partial charge is 0.481 e. The minimum atomic E-state index is -4.59. The summed E-state index contributed by atoms with van der Waals surface area (Å²) in [6.45, 7) is 0. The van der Waals surface area contributed by atoms with Crippen molar-refractivity contribution < 1.29 is 23.1 Å². The van der Waals surface area contributed by atoms with E-state index in [-0.39, 0.29) is 6.42 Å². The molecule has 164 valence electrons. The predicted molar refractivity (Wildman–Crippen MR) is 118 cm³/mol. The number of hydrogen-bond acceptors (Lipinski definition) is 3. The third-order valence-electron chi connectivity index (χ3n) is 4.80. The molecule has 4 rings (SSSR count). The number of aromatic nitrogens is 2. The van der Waals surface area contributed by atoms with Crippen molar-refractivity contribution >= 4 is 28.9 Å². The molecule has 1 N–H and O–H groups in total. The van der Waals surface area contributed by atoms with Crippen LogP contribution in [-0.2, 0) is 17.4 Å². The highest BCUT2D eigenvalue weighted by Gasteiger charge is 2.35. The number of halogens is 4. The quantitative estimate of drug-likeness (QED) is 0.327. The smallest absolute Gasteiger partial charge is 0.435 e. The lowest BCUT2D eigenvalue weighted by atomic mass is 10.1. The zero-order valence-corrected chi connectivity index (χ0v) is 18.0. The zero-order chi connectivity index (χ0) is 22.9. The van der Waals surface area contributed by atoms with Crippen LogP contribution in [-0.4, -0.2) is 20.9 Å². The Morgan fingerprint density at radius 2 is 1.72 bits per heavy atom. The number of hydrogen-bond donors (Lipinski definition) is 1. The summed E-state index contributed by atoms with van der Waals surface area (Å²) in [7, 11) is 0. The number of para-hydroxylation sites is 1. The van der Waals surface area contributed by atoms with Crippen molar-refractivity contribution in [3.63, 3.8) is 0 Å². The first-order chi connectivity index (χ1) is 15.2. The molecule has 0 aliphatic rings. The minimum Gasteiger partial charge on any atom is -0.481 e. The van der Waals surface area contributed by atoms with Gasteiger partial charge in [0, 0.05) is 11.3 Å². The molecule has 0 aliphatic heterocycles. The molecule has 4 nitrogen and oxygen atoms in total. The van der Waals surface area contributed by atoms with E-state index in [9.17, 15) is 18.0 Å². The third-order valence-corrected chi connectivity index (χ3v) is 6.28. The Kier molecular flexibility index (Phi) is 6.08. The van der Waals surface area contributed by atoms with Gasteiger partial charge in [0.15, 0.2) is 5.69 Å². The van der Waals surface area contributed by atoms with Crippen LogP contribution in [0.15, 0.2) is 66.7 Å². The maximum atomic E-state index is 13.4. The van der Waals surface area contributed by atoms with Gasteiger partial charge in [-0.2, -0.15) is 18.3 Å². The molecule has 0 radical (unpaired) electrons. The lowest BCUT2D eigenvalue weighted by Crippen LogP contribution is -2.07. The first kappa shape index (κ1) is 22.1. The van der Waals surface area contributed by atoms with E-state index < -0.39 is 17.8 Å². The van der Waals surface area contributed by atoms with E-state index in [1.165, 1.54) is 16.0 Å². The SMILES string of the molecule is O=C(O)CCc1ccc(-c2ccc(-c3cc(C(F)(F)F)nn3-c3ccccc3Cl)s2)cc1. The number of aryl methyl sites for hydroxylation is 1. The highest BCUT2D eigenvalue weighted by Crippen LogP contribution is 2.39. The summed E-state index contributed by atoms with van der Waals surface area (Å²) < 4.78 is 41.4. The number of carbonyl (C=O) groups is 1. The van der Waals surface area contributed by atoms with Crippen LogP contribution >= 0.6 is 22.9 Å². The Labute approximate surface area is 190 Å². The van der Waals surface area contributed by atoms with Gasteiger partial charge < -0.3 is 5.11 Å². The standard InChI is InChI=1S/C23H16ClF3N2O2S/c24-16-3-1-2-4-17(16)29-18(13-21(28-29)23(25,26)27)20-11-10-19(32-20)15-8-5-14(6-9-15)7-12-22(30)31/h1-6,8-11,13H,7,12H2,(H,30,31). The number of aliphatic carboxylic acids is 1. The van der Waals surface area contributed by atoms with Gasteiger partial charge in [-0.05, 0) is 47.9 Å². The van der Waals surface area contributed by atoms with Crippen LogP contribution in [0, 0.1) is 0 Å². The maximum Gasteiger partial charge on any atom is 0.435 e. The highest BCUT2D eigenvalue weighted by molar-refractivity contribution is 7.18. The second-order valence-electron chi connectivity index (χ2n) is 7.03. The molecule has 4 aromatic rings. The highest BCUT2D eigenvalue weighted by atomic mass is 35.5. The molecule has 0 fully saturated rings. The summed E-state index contributed by atoms with van der Waals surface area (Å²) in [5.41, 5.74) is 1.45. The molecule has 0 bridgehead atoms. The van der Waals surface area contributed by atoms with E-state index in [0.29, 0.717) is 27.7 Å². The Bertz CT molecular complexity index is 1260. The van der Waals surface area contributed by atoms with E-state index in [1.807, 2.05) is 30.3 Å². The van der Waals surface area contributed by atoms with Gasteiger partial charge in [0.1, 0.15) is 0 Å². The fraction of sp³-hybridized carbons (Fsp3) is 0.130. The normalized spacial score (nSPS) is 11.6. The Morgan fingerprint density at radius 3 is 2.38 bits per heavy atom. The summed E-state index contributed by atoms with van der Waals surface area (Å²) in [5.74, 6) is -0.856. The number of alkyl halides is 3. The lowest BCUT2D eigenvalue weighted by molar-refractivity contribution is -0.141. The molecular weight excluding hydrogens is 461 g/mol. The first-order valence-corrected chi connectivity index (χ1v) is 10.8. The molecule has 0 atom stereocenters. The van der Waals surface area contributed by atoms with Crippen LogP contribution in [0.25, 0.3) is 26.7 Å². The molecule has 2 heterocycles. The fourth-order valence-electron chi connectivity index (χ4n) is 3.22. The molecule has 0 aliphatic carbocycles. The van der Waals surface area contributed by atoms with Crippen molar-refractivity contribution in [3.8, 4) is 26.7 Å². The average Bonchev–Trinajstić information content (AvgIpc) is 3.40. The molecule has 0 saturated heterocycles. The maximum absolute atomic E-state index is 13.4. The molecule has 0 amide bonds. The minimum absolute atomic E-state index is 0.0517. The van der Waals surface area contributed by atoms with Crippen LogP contribution in [0.4, 0.5) is 13.2 Å². The van der Waals surface area contributed by atoms with Crippen LogP contribution in [0.2, 0.25) is 5.02 Å². The summed E-state index contributed by atoms with van der Waals surface area (Å²) in [4.78, 5) is 12.2. The number of benzene rings is 2. The molecule has 0 saturated carbocycles. The topological polar surface area (TPSA) is 55.1 Å². The van der Waals surface area contributed by atoms with E-state index in [4.69, 9.17) is 16.7 Å². The predicted octanol–water partition coefficient (Wildman–Crippen LogP) is 6.96. The zero-order valence-electron chi connectivity index (χ0n) is 16.4. The van der Waals surface area contributed by atoms with Crippen molar-refractivity contribution in [2.24, 2.45) is 0 Å². The molecule has 0 unspecified atom stereocenters. The molecule has 0 spiro atoms. The number of nitrogens with zero attached hydrogens (tertiary/aromatic N) is 2. The van der Waals surface area contributed by atoms with Gasteiger partial charge >= 0.3 is 12.1 Å². The lowest BCUT2D eigenvalue weighted by Gasteiger charge is -2.08. The van der Waals surface area contributed by atoms with E-state index >= 15 is 0 Å². The van der Waals surface area contributed by atoms with Gasteiger partial charge in [0.2, 0.25) is 0 Å². The van der Waals surface area contributed by atoms with E-state index in [0.717, 1.165) is 22.1 Å². The Hall–Kier alpha value is -3.10. The third kappa shape index (κ3) is 4.71. The second kappa shape index (κ2) is 8.80. The van der Waals surface area contributed by atoms with Crippen LogP contribution in [0.3, 0.4) is 0 Å². The molecule has 9 heteroatoms. The number of carboxylic acids is 1. The van der Waals surface area contributed by atoms with Crippen LogP contribution < -0.4 is 0 Å². The second-order valence-corrected chi connectivity index (χ2v) is 8.52. The van der Waals surface area contributed by atoms with Crippen molar-refractivity contribution in [3.05, 3.63) is 83.0 Å². The monoisotopic (exact) mass is 476 g/mol. The van der Waals surface area contributed by atoms with Crippen molar-refractivity contribution in [1.82, 2.24) is 9.78 Å². The Morgan fingerprint density at radius 1 is 1.03 bits per heavy atom. The van der Waals surface area contributed by atoms with Gasteiger partial charge in [-0.25, -0.2) is 4.68 Å². The molecule has 2 aromatic carbocycles. The van der Waals surface area contributed by atoms with Crippen LogP contribution in [0.5, 0.6) is 0 Å². The summed E-state index contributed by atoms with van der Waals surface area (Å²) in [6.07, 6.45) is -4.11. The van der Waals surface area contributed by atoms with Crippen LogP contribution in [0.1, 0.15) is 17.7 Å². The number of rotatable bonds is 6. The van der Waals surface area contributed by atoms with Gasteiger partial charge in [-0.3, -0.25) is 4.79 Å². The van der Waals surface area contributed by atoms with Gasteiger partial charge in [-0.1, -0.05) is 48.0 Å².